The van der Waals surface area contributed by atoms with Crippen molar-refractivity contribution in [2.24, 2.45) is 0 Å². The van der Waals surface area contributed by atoms with E-state index in [9.17, 15) is 24.4 Å². The van der Waals surface area contributed by atoms with E-state index in [4.69, 9.17) is 0 Å². The minimum Gasteiger partial charge on any atom is -0.349 e. The lowest BCUT2D eigenvalue weighted by Gasteiger charge is -2.29. The molecule has 3 aromatic rings. The quantitative estimate of drug-likeness (QED) is 0.550. The number of nitriles is 1. The third-order valence-electron chi connectivity index (χ3n) is 5.80. The first-order valence-electron chi connectivity index (χ1n) is 10.1. The monoisotopic (exact) mass is 427 g/mol. The molecule has 2 aliphatic rings. The molecular formula is C23H17N5O4. The first-order chi connectivity index (χ1) is 15.4. The Morgan fingerprint density at radius 2 is 2.00 bits per heavy atom. The van der Waals surface area contributed by atoms with E-state index < -0.39 is 11.9 Å². The number of carbonyl (C=O) groups is 4. The fourth-order valence-corrected chi connectivity index (χ4v) is 4.22. The summed E-state index contributed by atoms with van der Waals surface area (Å²) in [5.74, 6) is -1.45. The highest BCUT2D eigenvalue weighted by molar-refractivity contribution is 6.08. The molecular weight excluding hydrogens is 410 g/mol. The second-order valence-electron chi connectivity index (χ2n) is 7.79. The molecule has 0 spiro atoms. The third kappa shape index (κ3) is 3.18. The number of imide groups is 1. The molecule has 4 amide bonds. The number of rotatable bonds is 3. The van der Waals surface area contributed by atoms with Crippen LogP contribution in [0.1, 0.15) is 44.8 Å². The Labute approximate surface area is 182 Å². The summed E-state index contributed by atoms with van der Waals surface area (Å²) >= 11 is 0. The molecule has 5 rings (SSSR count). The van der Waals surface area contributed by atoms with Crippen LogP contribution in [0.5, 0.6) is 0 Å². The van der Waals surface area contributed by atoms with Crippen LogP contribution in [-0.4, -0.2) is 39.6 Å². The number of hydrogen-bond acceptors (Lipinski definition) is 5. The highest BCUT2D eigenvalue weighted by Gasteiger charge is 2.39. The van der Waals surface area contributed by atoms with Crippen LogP contribution < -0.4 is 10.6 Å². The van der Waals surface area contributed by atoms with E-state index in [1.165, 1.54) is 4.90 Å². The third-order valence-corrected chi connectivity index (χ3v) is 5.80. The number of fused-ring (bicyclic) bond motifs is 2. The van der Waals surface area contributed by atoms with E-state index in [0.717, 1.165) is 5.39 Å². The predicted octanol–water partition coefficient (Wildman–Crippen LogP) is 2.05. The fraction of sp³-hybridized carbons (Fsp3) is 0.174. The van der Waals surface area contributed by atoms with Crippen molar-refractivity contribution in [3.63, 3.8) is 0 Å². The summed E-state index contributed by atoms with van der Waals surface area (Å²) in [6.07, 6.45) is 0.481. The number of aromatic nitrogens is 1. The molecule has 1 aromatic heterocycles. The molecule has 9 heteroatoms. The van der Waals surface area contributed by atoms with Crippen LogP contribution in [0, 0.1) is 11.3 Å². The molecule has 9 nitrogen and oxygen atoms in total. The largest absolute Gasteiger partial charge is 0.349 e. The number of piperidine rings is 1. The molecule has 0 radical (unpaired) electrons. The van der Waals surface area contributed by atoms with Gasteiger partial charge in [0.25, 0.3) is 11.8 Å². The van der Waals surface area contributed by atoms with E-state index in [1.807, 2.05) is 6.07 Å². The molecule has 1 atom stereocenters. The van der Waals surface area contributed by atoms with Gasteiger partial charge in [0, 0.05) is 29.6 Å². The van der Waals surface area contributed by atoms with Crippen LogP contribution in [0.4, 0.5) is 5.69 Å². The van der Waals surface area contributed by atoms with Gasteiger partial charge in [-0.15, -0.1) is 0 Å². The second kappa shape index (κ2) is 7.35. The lowest BCUT2D eigenvalue weighted by Crippen LogP contribution is -2.52. The number of aromatic amines is 1. The van der Waals surface area contributed by atoms with Gasteiger partial charge < -0.3 is 15.2 Å². The molecule has 158 valence electrons. The molecule has 32 heavy (non-hydrogen) atoms. The fourth-order valence-electron chi connectivity index (χ4n) is 4.22. The maximum absolute atomic E-state index is 12.8. The van der Waals surface area contributed by atoms with Gasteiger partial charge in [0.1, 0.15) is 17.8 Å². The Morgan fingerprint density at radius 3 is 2.78 bits per heavy atom. The summed E-state index contributed by atoms with van der Waals surface area (Å²) in [5, 5.41) is 15.1. The van der Waals surface area contributed by atoms with Crippen LogP contribution in [0.15, 0.2) is 42.5 Å². The van der Waals surface area contributed by atoms with Crippen molar-refractivity contribution in [1.82, 2.24) is 15.2 Å². The summed E-state index contributed by atoms with van der Waals surface area (Å²) in [6, 6.07) is 13.3. The van der Waals surface area contributed by atoms with Crippen LogP contribution >= 0.6 is 0 Å². The number of para-hydroxylation sites is 1. The van der Waals surface area contributed by atoms with E-state index >= 15 is 0 Å². The van der Waals surface area contributed by atoms with Gasteiger partial charge in [0.05, 0.1) is 11.1 Å². The number of amides is 4. The lowest BCUT2D eigenvalue weighted by molar-refractivity contribution is -0.136. The number of carbonyl (C=O) groups excluding carboxylic acids is 4. The molecule has 3 heterocycles. The SMILES string of the molecule is N#Cc1cccc2cc(C(=O)Nc3ccc4c(c3)CN(C3CCC(=O)NC3=O)C4=O)[nH]c12. The van der Waals surface area contributed by atoms with Crippen LogP contribution in [0.25, 0.3) is 10.9 Å². The maximum atomic E-state index is 12.8. The normalized spacial score (nSPS) is 17.8. The first-order valence-corrected chi connectivity index (χ1v) is 10.1. The van der Waals surface area contributed by atoms with E-state index in [1.54, 1.807) is 36.4 Å². The predicted molar refractivity (Wildman–Crippen MR) is 113 cm³/mol. The minimum atomic E-state index is -0.689. The second-order valence-corrected chi connectivity index (χ2v) is 7.79. The number of hydrogen-bond donors (Lipinski definition) is 3. The van der Waals surface area contributed by atoms with Gasteiger partial charge in [-0.05, 0) is 42.3 Å². The number of nitrogens with zero attached hydrogens (tertiary/aromatic N) is 2. The highest BCUT2D eigenvalue weighted by Crippen LogP contribution is 2.29. The number of anilines is 1. The van der Waals surface area contributed by atoms with Gasteiger partial charge >= 0.3 is 0 Å². The van der Waals surface area contributed by atoms with Gasteiger partial charge in [-0.2, -0.15) is 5.26 Å². The van der Waals surface area contributed by atoms with Crippen molar-refractivity contribution in [3.8, 4) is 6.07 Å². The maximum Gasteiger partial charge on any atom is 0.272 e. The minimum absolute atomic E-state index is 0.190. The van der Waals surface area contributed by atoms with Crippen molar-refractivity contribution in [3.05, 3.63) is 64.8 Å². The van der Waals surface area contributed by atoms with Gasteiger partial charge in [-0.25, -0.2) is 0 Å². The Morgan fingerprint density at radius 1 is 1.16 bits per heavy atom. The average molecular weight is 427 g/mol. The molecule has 3 N–H and O–H groups in total. The average Bonchev–Trinajstić information content (AvgIpc) is 3.35. The molecule has 0 saturated carbocycles. The number of nitrogens with one attached hydrogen (secondary N) is 3. The highest BCUT2D eigenvalue weighted by atomic mass is 16.2. The zero-order valence-electron chi connectivity index (χ0n) is 16.8. The molecule has 2 aromatic carbocycles. The summed E-state index contributed by atoms with van der Waals surface area (Å²) in [6.45, 7) is 0.224. The first kappa shape index (κ1) is 19.5. The molecule has 2 aliphatic heterocycles. The Hall–Kier alpha value is -4.45. The molecule has 1 saturated heterocycles. The zero-order chi connectivity index (χ0) is 22.4. The number of benzene rings is 2. The summed E-state index contributed by atoms with van der Waals surface area (Å²) < 4.78 is 0. The standard InChI is InChI=1S/C23H17N5O4/c24-10-13-3-1-2-12-9-17(26-20(12)13)21(30)25-15-4-5-16-14(8-15)11-28(23(16)32)18-6-7-19(29)27-22(18)31/h1-5,8-9,18,26H,6-7,11H2,(H,25,30)(H,27,29,31). The zero-order valence-corrected chi connectivity index (χ0v) is 16.8. The van der Waals surface area contributed by atoms with Crippen LogP contribution in [0.2, 0.25) is 0 Å². The topological polar surface area (TPSA) is 135 Å². The Balaban J connectivity index is 1.35. The van der Waals surface area contributed by atoms with Crippen molar-refractivity contribution in [2.75, 3.05) is 5.32 Å². The smallest absolute Gasteiger partial charge is 0.272 e. The van der Waals surface area contributed by atoms with Gasteiger partial charge in [0.15, 0.2) is 0 Å². The van der Waals surface area contributed by atoms with Crippen LogP contribution in [-0.2, 0) is 16.1 Å². The molecule has 1 unspecified atom stereocenters. The summed E-state index contributed by atoms with van der Waals surface area (Å²) in [5.41, 5.74) is 3.03. The van der Waals surface area contributed by atoms with Crippen molar-refractivity contribution >= 4 is 40.2 Å². The van der Waals surface area contributed by atoms with Gasteiger partial charge in [-0.3, -0.25) is 24.5 Å². The lowest BCUT2D eigenvalue weighted by atomic mass is 10.0. The van der Waals surface area contributed by atoms with E-state index in [0.29, 0.717) is 40.0 Å². The molecule has 0 bridgehead atoms. The van der Waals surface area contributed by atoms with Crippen molar-refractivity contribution in [1.29, 1.82) is 5.26 Å². The van der Waals surface area contributed by atoms with Crippen LogP contribution in [0.3, 0.4) is 0 Å². The van der Waals surface area contributed by atoms with Gasteiger partial charge in [-0.1, -0.05) is 12.1 Å². The Bertz CT molecular complexity index is 1370. The summed E-state index contributed by atoms with van der Waals surface area (Å²) in [7, 11) is 0. The Kier molecular flexibility index (Phi) is 4.48. The molecule has 0 aliphatic carbocycles. The van der Waals surface area contributed by atoms with Crippen molar-refractivity contribution < 1.29 is 19.2 Å². The summed E-state index contributed by atoms with van der Waals surface area (Å²) in [4.78, 5) is 53.5. The number of H-pyrrole nitrogens is 1. The van der Waals surface area contributed by atoms with E-state index in [-0.39, 0.29) is 30.7 Å². The van der Waals surface area contributed by atoms with Crippen molar-refractivity contribution in [2.45, 2.75) is 25.4 Å². The van der Waals surface area contributed by atoms with E-state index in [2.05, 4.69) is 21.7 Å². The van der Waals surface area contributed by atoms with Gasteiger partial charge in [0.2, 0.25) is 11.8 Å². The molecule has 1 fully saturated rings.